The van der Waals surface area contributed by atoms with Gasteiger partial charge < -0.3 is 25.1 Å². The highest BCUT2D eigenvalue weighted by Crippen LogP contribution is 2.44. The average molecular weight is 405 g/mol. The molecule has 0 aromatic carbocycles. The second-order valence-corrected chi connectivity index (χ2v) is 7.32. The third kappa shape index (κ3) is 3.92. The van der Waals surface area contributed by atoms with Crippen molar-refractivity contribution in [1.82, 2.24) is 19.5 Å². The Hall–Kier alpha value is -1.89. The summed E-state index contributed by atoms with van der Waals surface area (Å²) < 4.78 is 27.9. The normalized spacial score (nSPS) is 25.3. The van der Waals surface area contributed by atoms with Crippen LogP contribution in [-0.2, 0) is 23.1 Å². The van der Waals surface area contributed by atoms with Gasteiger partial charge in [-0.2, -0.15) is 0 Å². The van der Waals surface area contributed by atoms with Gasteiger partial charge in [0, 0.05) is 13.3 Å². The number of aromatic amines is 1. The number of carbonyl (C=O) groups is 1. The molecule has 26 heavy (non-hydrogen) atoms. The van der Waals surface area contributed by atoms with Gasteiger partial charge in [0.2, 0.25) is 0 Å². The minimum absolute atomic E-state index is 0.102. The number of hydrogen-bond acceptors (Lipinski definition) is 10. The number of phosphoric ester groups is 1. The molecule has 1 unspecified atom stereocenters. The van der Waals surface area contributed by atoms with Crippen molar-refractivity contribution in [2.75, 3.05) is 12.3 Å². The van der Waals surface area contributed by atoms with Gasteiger partial charge in [0.05, 0.1) is 19.0 Å². The standard InChI is InChI=1S/C12H16N5O7PS/c1-5(18)24-25(20,21)22-3-7-6(19)2-8(23-7)17-4-14-9-10(17)15-12(13)16-11(9)26/h4,6-8,19H,2-3H2,1H3,(H,20,21)(H3,13,15,16,26)/t6-,7+,8+/m0/s1. The number of ether oxygens (including phenoxy) is 1. The van der Waals surface area contributed by atoms with E-state index in [0.29, 0.717) is 11.2 Å². The highest BCUT2D eigenvalue weighted by molar-refractivity contribution is 7.71. The smallest absolute Gasteiger partial charge is 0.390 e. The van der Waals surface area contributed by atoms with Crippen LogP contribution >= 0.6 is 20.0 Å². The third-order valence-corrected chi connectivity index (χ3v) is 4.87. The number of aromatic nitrogens is 4. The van der Waals surface area contributed by atoms with Crippen molar-refractivity contribution < 1.29 is 33.1 Å². The first kappa shape index (κ1) is 18.9. The first-order valence-electron chi connectivity index (χ1n) is 7.39. The first-order valence-corrected chi connectivity index (χ1v) is 9.30. The summed E-state index contributed by atoms with van der Waals surface area (Å²) in [7, 11) is -4.56. The first-order chi connectivity index (χ1) is 12.2. The number of nitrogens with one attached hydrogen (secondary N) is 1. The van der Waals surface area contributed by atoms with E-state index in [-0.39, 0.29) is 17.0 Å². The van der Waals surface area contributed by atoms with Gasteiger partial charge >= 0.3 is 13.8 Å². The molecule has 0 spiro atoms. The van der Waals surface area contributed by atoms with Crippen LogP contribution in [0.15, 0.2) is 6.33 Å². The van der Waals surface area contributed by atoms with Gasteiger partial charge in [-0.1, -0.05) is 12.2 Å². The Morgan fingerprint density at radius 3 is 3.08 bits per heavy atom. The molecule has 1 aliphatic heterocycles. The van der Waals surface area contributed by atoms with Crippen LogP contribution in [0.2, 0.25) is 0 Å². The van der Waals surface area contributed by atoms with E-state index < -0.39 is 38.8 Å². The minimum atomic E-state index is -4.56. The van der Waals surface area contributed by atoms with Gasteiger partial charge in [-0.05, 0) is 0 Å². The van der Waals surface area contributed by atoms with Crippen LogP contribution in [0.1, 0.15) is 19.6 Å². The molecule has 1 fully saturated rings. The fraction of sp³-hybridized carbons (Fsp3) is 0.500. The predicted molar refractivity (Wildman–Crippen MR) is 89.2 cm³/mol. The number of anilines is 1. The molecular formula is C12H16N5O7PS. The van der Waals surface area contributed by atoms with E-state index in [0.717, 1.165) is 6.92 Å². The molecule has 142 valence electrons. The average Bonchev–Trinajstić information content (AvgIpc) is 3.07. The van der Waals surface area contributed by atoms with Gasteiger partial charge in [0.1, 0.15) is 23.5 Å². The number of carbonyl (C=O) groups excluding carboxylic acids is 1. The molecule has 0 bridgehead atoms. The molecule has 0 aliphatic carbocycles. The maximum Gasteiger partial charge on any atom is 0.529 e. The number of H-pyrrole nitrogens is 1. The summed E-state index contributed by atoms with van der Waals surface area (Å²) in [6.07, 6.45) is -0.949. The lowest BCUT2D eigenvalue weighted by Gasteiger charge is -2.17. The topological polar surface area (TPSA) is 175 Å². The number of aliphatic hydroxyl groups excluding tert-OH is 1. The summed E-state index contributed by atoms with van der Waals surface area (Å²) in [4.78, 5) is 31.0. The number of hydrogen-bond donors (Lipinski definition) is 4. The Morgan fingerprint density at radius 2 is 2.38 bits per heavy atom. The Balaban J connectivity index is 1.74. The zero-order chi connectivity index (χ0) is 19.1. The van der Waals surface area contributed by atoms with E-state index in [4.69, 9.17) is 22.7 Å². The van der Waals surface area contributed by atoms with Crippen LogP contribution in [0, 0.1) is 4.64 Å². The number of nitrogen functional groups attached to an aromatic ring is 1. The maximum atomic E-state index is 11.5. The molecule has 2 aromatic rings. The molecule has 3 rings (SSSR count). The van der Waals surface area contributed by atoms with Gasteiger partial charge in [0.15, 0.2) is 10.6 Å². The van der Waals surface area contributed by atoms with Crippen LogP contribution in [0.25, 0.3) is 11.2 Å². The van der Waals surface area contributed by atoms with Crippen molar-refractivity contribution in [1.29, 1.82) is 0 Å². The van der Waals surface area contributed by atoms with Crippen LogP contribution in [0.4, 0.5) is 5.95 Å². The Labute approximate surface area is 151 Å². The molecular weight excluding hydrogens is 389 g/mol. The van der Waals surface area contributed by atoms with Crippen molar-refractivity contribution in [3.63, 3.8) is 0 Å². The molecule has 2 aromatic heterocycles. The van der Waals surface area contributed by atoms with Crippen LogP contribution in [0.3, 0.4) is 0 Å². The molecule has 12 nitrogen and oxygen atoms in total. The number of rotatable bonds is 5. The lowest BCUT2D eigenvalue weighted by molar-refractivity contribution is -0.133. The molecule has 3 heterocycles. The fourth-order valence-electron chi connectivity index (χ4n) is 2.56. The van der Waals surface area contributed by atoms with Crippen molar-refractivity contribution in [2.45, 2.75) is 31.8 Å². The summed E-state index contributed by atoms with van der Waals surface area (Å²) in [5.74, 6) is -0.863. The Kier molecular flexibility index (Phi) is 5.10. The van der Waals surface area contributed by atoms with Gasteiger partial charge in [-0.25, -0.2) is 14.5 Å². The van der Waals surface area contributed by atoms with Gasteiger partial charge in [-0.15, -0.1) is 0 Å². The Bertz CT molecular complexity index is 946. The minimum Gasteiger partial charge on any atom is -0.390 e. The van der Waals surface area contributed by atoms with Crippen molar-refractivity contribution in [3.05, 3.63) is 11.0 Å². The molecule has 14 heteroatoms. The number of imidazole rings is 1. The largest absolute Gasteiger partial charge is 0.529 e. The Morgan fingerprint density at radius 1 is 1.65 bits per heavy atom. The number of fused-ring (bicyclic) bond motifs is 1. The molecule has 1 aliphatic rings. The van der Waals surface area contributed by atoms with Gasteiger partial charge in [-0.3, -0.25) is 18.8 Å². The zero-order valence-corrected chi connectivity index (χ0v) is 15.1. The van der Waals surface area contributed by atoms with E-state index in [1.807, 2.05) is 0 Å². The van der Waals surface area contributed by atoms with E-state index >= 15 is 0 Å². The second kappa shape index (κ2) is 7.02. The predicted octanol–water partition coefficient (Wildman–Crippen LogP) is 0.400. The number of nitrogens with zero attached hydrogens (tertiary/aromatic N) is 3. The van der Waals surface area contributed by atoms with Gasteiger partial charge in [0.25, 0.3) is 0 Å². The number of phosphoric acid groups is 1. The summed E-state index contributed by atoms with van der Waals surface area (Å²) in [6, 6.07) is 0. The number of aliphatic hydroxyl groups is 1. The summed E-state index contributed by atoms with van der Waals surface area (Å²) >= 11 is 5.10. The van der Waals surface area contributed by atoms with E-state index in [1.165, 1.54) is 6.33 Å². The fourth-order valence-corrected chi connectivity index (χ4v) is 3.52. The summed E-state index contributed by atoms with van der Waals surface area (Å²) in [6.45, 7) is 0.517. The highest BCUT2D eigenvalue weighted by atomic mass is 32.1. The van der Waals surface area contributed by atoms with Crippen LogP contribution < -0.4 is 5.73 Å². The van der Waals surface area contributed by atoms with Crippen molar-refractivity contribution >= 4 is 43.1 Å². The molecule has 5 N–H and O–H groups in total. The lowest BCUT2D eigenvalue weighted by atomic mass is 10.2. The zero-order valence-electron chi connectivity index (χ0n) is 13.4. The number of nitrogens with two attached hydrogens (primary N) is 1. The second-order valence-electron chi connectivity index (χ2n) is 5.56. The molecule has 0 radical (unpaired) electrons. The summed E-state index contributed by atoms with van der Waals surface area (Å²) in [5.41, 5.74) is 6.54. The quantitative estimate of drug-likeness (QED) is 0.400. The SMILES string of the molecule is CC(=O)OP(=O)(O)OC[C@H]1O[C@@H](n2cnc3c(=S)nc(N)[nH]c32)C[C@@H]1O. The monoisotopic (exact) mass is 405 g/mol. The van der Waals surface area contributed by atoms with Crippen molar-refractivity contribution in [2.24, 2.45) is 0 Å². The van der Waals surface area contributed by atoms with Crippen LogP contribution in [0.5, 0.6) is 0 Å². The van der Waals surface area contributed by atoms with E-state index in [1.54, 1.807) is 4.57 Å². The van der Waals surface area contributed by atoms with Crippen molar-refractivity contribution in [3.8, 4) is 0 Å². The summed E-state index contributed by atoms with van der Waals surface area (Å²) in [5, 5.41) is 10.1. The van der Waals surface area contributed by atoms with Crippen LogP contribution in [-0.4, -0.2) is 54.3 Å². The van der Waals surface area contributed by atoms with E-state index in [9.17, 15) is 19.4 Å². The molecule has 0 amide bonds. The maximum absolute atomic E-state index is 11.5. The lowest BCUT2D eigenvalue weighted by Crippen LogP contribution is -2.26. The molecule has 0 saturated carbocycles. The van der Waals surface area contributed by atoms with E-state index in [2.05, 4.69) is 24.0 Å². The molecule has 4 atom stereocenters. The highest BCUT2D eigenvalue weighted by Gasteiger charge is 2.38. The molecule has 1 saturated heterocycles. The third-order valence-electron chi connectivity index (χ3n) is 3.63.